The van der Waals surface area contributed by atoms with Gasteiger partial charge in [-0.15, -0.1) is 24.8 Å². The van der Waals surface area contributed by atoms with E-state index in [2.05, 4.69) is 27.7 Å². The highest BCUT2D eigenvalue weighted by molar-refractivity contribution is 7.99. The molecule has 0 bridgehead atoms. The van der Waals surface area contributed by atoms with Crippen molar-refractivity contribution in [2.24, 2.45) is 0 Å². The highest BCUT2D eigenvalue weighted by Gasteiger charge is 2.30. The van der Waals surface area contributed by atoms with Gasteiger partial charge in [-0.25, -0.2) is 0 Å². The van der Waals surface area contributed by atoms with E-state index in [1.165, 1.54) is 0 Å². The summed E-state index contributed by atoms with van der Waals surface area (Å²) in [5, 5.41) is 6.63. The maximum Gasteiger partial charge on any atom is 0.242 e. The summed E-state index contributed by atoms with van der Waals surface area (Å²) in [6.07, 6.45) is 2.22. The second-order valence-corrected chi connectivity index (χ2v) is 7.24. The van der Waals surface area contributed by atoms with Crippen LogP contribution in [0.2, 0.25) is 0 Å². The molecule has 1 aromatic rings. The zero-order chi connectivity index (χ0) is 15.2. The van der Waals surface area contributed by atoms with Crippen LogP contribution in [0.4, 0.5) is 0 Å². The molecule has 0 aromatic heterocycles. The zero-order valence-electron chi connectivity index (χ0n) is 13.8. The standard InChI is InChI=1S/C17H25N3OS.2ClH/c21-17(19-15-7-4-8-18-13-15)16(14-5-2-1-3-6-14)20-9-11-22-12-10-20;;/h1-3,5-6,15-16,18H,4,7-13H2,(H,19,21);2*1H. The zero-order valence-corrected chi connectivity index (χ0v) is 16.2. The molecule has 0 aliphatic carbocycles. The highest BCUT2D eigenvalue weighted by atomic mass is 35.5. The Balaban J connectivity index is 0.00000144. The molecule has 2 aliphatic heterocycles. The Morgan fingerprint density at radius 3 is 2.54 bits per heavy atom. The predicted octanol–water partition coefficient (Wildman–Crippen LogP) is 2.49. The van der Waals surface area contributed by atoms with Gasteiger partial charge in [0.25, 0.3) is 0 Å². The number of carbonyl (C=O) groups is 1. The lowest BCUT2D eigenvalue weighted by Crippen LogP contribution is -2.50. The van der Waals surface area contributed by atoms with Crippen molar-refractivity contribution in [2.75, 3.05) is 37.7 Å². The molecular formula is C17H27Cl2N3OS. The minimum absolute atomic E-state index is 0. The largest absolute Gasteiger partial charge is 0.350 e. The summed E-state index contributed by atoms with van der Waals surface area (Å²) < 4.78 is 0. The Labute approximate surface area is 161 Å². The van der Waals surface area contributed by atoms with Crippen LogP contribution in [0.3, 0.4) is 0 Å². The Hall–Kier alpha value is -0.460. The van der Waals surface area contributed by atoms with Gasteiger partial charge < -0.3 is 10.6 Å². The van der Waals surface area contributed by atoms with E-state index in [9.17, 15) is 4.79 Å². The van der Waals surface area contributed by atoms with Crippen molar-refractivity contribution in [3.63, 3.8) is 0 Å². The van der Waals surface area contributed by atoms with Crippen LogP contribution in [-0.4, -0.2) is 54.5 Å². The summed E-state index contributed by atoms with van der Waals surface area (Å²) >= 11 is 1.98. The molecule has 2 atom stereocenters. The molecule has 0 radical (unpaired) electrons. The second-order valence-electron chi connectivity index (χ2n) is 6.01. The van der Waals surface area contributed by atoms with Crippen LogP contribution in [0.25, 0.3) is 0 Å². The fraction of sp³-hybridized carbons (Fsp3) is 0.588. The third kappa shape index (κ3) is 5.81. The summed E-state index contributed by atoms with van der Waals surface area (Å²) in [7, 11) is 0. The number of nitrogens with one attached hydrogen (secondary N) is 2. The van der Waals surface area contributed by atoms with E-state index < -0.39 is 0 Å². The first-order valence-corrected chi connectivity index (χ1v) is 9.38. The van der Waals surface area contributed by atoms with Crippen LogP contribution in [0.15, 0.2) is 30.3 Å². The van der Waals surface area contributed by atoms with Crippen LogP contribution < -0.4 is 10.6 Å². The third-order valence-corrected chi connectivity index (χ3v) is 5.36. The van der Waals surface area contributed by atoms with E-state index in [-0.39, 0.29) is 42.8 Å². The first kappa shape index (κ1) is 21.6. The average molecular weight is 392 g/mol. The maximum atomic E-state index is 12.9. The van der Waals surface area contributed by atoms with Gasteiger partial charge in [-0.2, -0.15) is 11.8 Å². The van der Waals surface area contributed by atoms with Gasteiger partial charge in [-0.3, -0.25) is 9.69 Å². The van der Waals surface area contributed by atoms with Crippen molar-refractivity contribution >= 4 is 42.5 Å². The van der Waals surface area contributed by atoms with Crippen molar-refractivity contribution in [1.82, 2.24) is 15.5 Å². The van der Waals surface area contributed by atoms with Gasteiger partial charge in [-0.05, 0) is 24.9 Å². The number of hydrogen-bond acceptors (Lipinski definition) is 4. The number of benzene rings is 1. The van der Waals surface area contributed by atoms with E-state index >= 15 is 0 Å². The number of amides is 1. The molecule has 2 aliphatic rings. The molecule has 2 heterocycles. The van der Waals surface area contributed by atoms with E-state index in [4.69, 9.17) is 0 Å². The maximum absolute atomic E-state index is 12.9. The average Bonchev–Trinajstić information content (AvgIpc) is 2.58. The fourth-order valence-corrected chi connectivity index (χ4v) is 4.19. The smallest absolute Gasteiger partial charge is 0.242 e. The highest BCUT2D eigenvalue weighted by Crippen LogP contribution is 2.24. The van der Waals surface area contributed by atoms with Gasteiger partial charge in [0.2, 0.25) is 5.91 Å². The number of thioether (sulfide) groups is 1. The summed E-state index contributed by atoms with van der Waals surface area (Å²) in [5.74, 6) is 2.38. The van der Waals surface area contributed by atoms with Gasteiger partial charge in [0, 0.05) is 37.2 Å². The van der Waals surface area contributed by atoms with Crippen molar-refractivity contribution in [1.29, 1.82) is 0 Å². The monoisotopic (exact) mass is 391 g/mol. The first-order valence-electron chi connectivity index (χ1n) is 8.22. The molecular weight excluding hydrogens is 365 g/mol. The molecule has 3 rings (SSSR count). The van der Waals surface area contributed by atoms with Crippen LogP contribution in [-0.2, 0) is 4.79 Å². The van der Waals surface area contributed by atoms with Gasteiger partial charge in [-0.1, -0.05) is 30.3 Å². The summed E-state index contributed by atoms with van der Waals surface area (Å²) in [4.78, 5) is 15.3. The summed E-state index contributed by atoms with van der Waals surface area (Å²) in [6, 6.07) is 10.3. The topological polar surface area (TPSA) is 44.4 Å². The van der Waals surface area contributed by atoms with Crippen LogP contribution in [0, 0.1) is 0 Å². The Bertz CT molecular complexity index is 480. The van der Waals surface area contributed by atoms with Crippen LogP contribution in [0.1, 0.15) is 24.4 Å². The normalized spacial score (nSPS) is 22.6. The minimum Gasteiger partial charge on any atom is -0.350 e. The summed E-state index contributed by atoms with van der Waals surface area (Å²) in [6.45, 7) is 3.93. The molecule has 7 heteroatoms. The molecule has 0 spiro atoms. The fourth-order valence-electron chi connectivity index (χ4n) is 3.25. The predicted molar refractivity (Wildman–Crippen MR) is 107 cm³/mol. The number of rotatable bonds is 4. The van der Waals surface area contributed by atoms with Crippen molar-refractivity contribution < 1.29 is 4.79 Å². The number of halogens is 2. The number of hydrogen-bond donors (Lipinski definition) is 2. The lowest BCUT2D eigenvalue weighted by Gasteiger charge is -2.35. The quantitative estimate of drug-likeness (QED) is 0.827. The number of piperidine rings is 1. The lowest BCUT2D eigenvalue weighted by molar-refractivity contribution is -0.127. The molecule has 4 nitrogen and oxygen atoms in total. The molecule has 24 heavy (non-hydrogen) atoms. The van der Waals surface area contributed by atoms with E-state index in [1.807, 2.05) is 30.0 Å². The van der Waals surface area contributed by atoms with Gasteiger partial charge in [0.05, 0.1) is 0 Å². The van der Waals surface area contributed by atoms with E-state index in [1.54, 1.807) is 0 Å². The lowest BCUT2D eigenvalue weighted by atomic mass is 10.0. The van der Waals surface area contributed by atoms with E-state index in [0.29, 0.717) is 0 Å². The molecule has 2 N–H and O–H groups in total. The molecule has 2 fully saturated rings. The van der Waals surface area contributed by atoms with Crippen molar-refractivity contribution in [3.8, 4) is 0 Å². The molecule has 1 amide bonds. The summed E-state index contributed by atoms with van der Waals surface area (Å²) in [5.41, 5.74) is 1.11. The first-order chi connectivity index (χ1) is 10.8. The minimum atomic E-state index is -0.149. The SMILES string of the molecule is Cl.Cl.O=C(NC1CCCNC1)C(c1ccccc1)N1CCSCC1. The van der Waals surface area contributed by atoms with Crippen LogP contribution in [0.5, 0.6) is 0 Å². The van der Waals surface area contributed by atoms with Crippen molar-refractivity contribution in [2.45, 2.75) is 24.9 Å². The molecule has 2 unspecified atom stereocenters. The van der Waals surface area contributed by atoms with Gasteiger partial charge >= 0.3 is 0 Å². The van der Waals surface area contributed by atoms with Crippen molar-refractivity contribution in [3.05, 3.63) is 35.9 Å². The molecule has 136 valence electrons. The molecule has 1 aromatic carbocycles. The van der Waals surface area contributed by atoms with E-state index in [0.717, 1.165) is 56.1 Å². The Morgan fingerprint density at radius 2 is 1.92 bits per heavy atom. The Morgan fingerprint density at radius 1 is 1.21 bits per heavy atom. The Kier molecular flexibility index (Phi) is 10.1. The van der Waals surface area contributed by atoms with Gasteiger partial charge in [0.15, 0.2) is 0 Å². The third-order valence-electron chi connectivity index (χ3n) is 4.42. The van der Waals surface area contributed by atoms with Crippen LogP contribution >= 0.6 is 36.6 Å². The number of nitrogens with zero attached hydrogens (tertiary/aromatic N) is 1. The molecule has 0 saturated carbocycles. The number of carbonyl (C=O) groups excluding carboxylic acids is 1. The molecule has 2 saturated heterocycles. The second kappa shape index (κ2) is 11.2. The van der Waals surface area contributed by atoms with Gasteiger partial charge in [0.1, 0.15) is 6.04 Å².